The van der Waals surface area contributed by atoms with Crippen LogP contribution in [0.4, 0.5) is 5.69 Å². The van der Waals surface area contributed by atoms with Crippen LogP contribution in [0.15, 0.2) is 9.95 Å². The lowest BCUT2D eigenvalue weighted by atomic mass is 9.98. The average Bonchev–Trinajstić information content (AvgIpc) is 3.11. The molecule has 9 heteroatoms. The van der Waals surface area contributed by atoms with Gasteiger partial charge in [-0.2, -0.15) is 5.10 Å². The van der Waals surface area contributed by atoms with Crippen LogP contribution in [0, 0.1) is 26.7 Å². The number of aromatic amines is 1. The second-order valence-corrected chi connectivity index (χ2v) is 10.4. The number of H-pyrrole nitrogens is 1. The molecule has 0 fully saturated rings. The third-order valence-electron chi connectivity index (χ3n) is 5.51. The molecule has 3 rings (SSSR count). The van der Waals surface area contributed by atoms with Crippen LogP contribution in [0.2, 0.25) is 0 Å². The number of nitrogens with one attached hydrogen (secondary N) is 2. The minimum Gasteiger partial charge on any atom is -0.322 e. The number of thioether (sulfide) groups is 1. The Morgan fingerprint density at radius 2 is 2.00 bits per heavy atom. The van der Waals surface area contributed by atoms with Crippen molar-refractivity contribution in [3.63, 3.8) is 0 Å². The fourth-order valence-electron chi connectivity index (χ4n) is 3.35. The maximum Gasteiger partial charge on any atom is 0.260 e. The van der Waals surface area contributed by atoms with Crippen LogP contribution < -0.4 is 10.9 Å². The molecule has 2 N–H and O–H groups in total. The molecule has 3 aromatic rings. The van der Waals surface area contributed by atoms with Crippen molar-refractivity contribution >= 4 is 44.9 Å². The van der Waals surface area contributed by atoms with E-state index in [0.717, 1.165) is 45.2 Å². The number of carbonyl (C=O) groups is 1. The second kappa shape index (κ2) is 8.93. The molecule has 0 aliphatic rings. The Morgan fingerprint density at radius 1 is 1.30 bits per heavy atom. The molecule has 0 aliphatic heterocycles. The highest BCUT2D eigenvalue weighted by molar-refractivity contribution is 8.00. The zero-order valence-corrected chi connectivity index (χ0v) is 20.2. The van der Waals surface area contributed by atoms with Gasteiger partial charge in [0.05, 0.1) is 27.7 Å². The number of aromatic nitrogens is 4. The van der Waals surface area contributed by atoms with Gasteiger partial charge < -0.3 is 10.3 Å². The summed E-state index contributed by atoms with van der Waals surface area (Å²) in [7, 11) is 1.85. The molecule has 0 bridgehead atoms. The summed E-state index contributed by atoms with van der Waals surface area (Å²) in [6, 6.07) is 0. The molecule has 30 heavy (non-hydrogen) atoms. The predicted octanol–water partition coefficient (Wildman–Crippen LogP) is 4.35. The first-order chi connectivity index (χ1) is 14.1. The normalized spacial score (nSPS) is 13.6. The Bertz CT molecular complexity index is 1140. The number of amides is 1. The largest absolute Gasteiger partial charge is 0.322 e. The summed E-state index contributed by atoms with van der Waals surface area (Å²) in [5.74, 6) is 0.361. The van der Waals surface area contributed by atoms with Crippen molar-refractivity contribution in [1.29, 1.82) is 0 Å². The summed E-state index contributed by atoms with van der Waals surface area (Å²) >= 11 is 2.80. The fraction of sp³-hybridized carbons (Fsp3) is 0.524. The van der Waals surface area contributed by atoms with E-state index in [9.17, 15) is 9.59 Å². The fourth-order valence-corrected chi connectivity index (χ4v) is 5.26. The van der Waals surface area contributed by atoms with Crippen LogP contribution in [0.1, 0.15) is 49.0 Å². The summed E-state index contributed by atoms with van der Waals surface area (Å²) in [6.07, 6.45) is 1.95. The van der Waals surface area contributed by atoms with Crippen LogP contribution in [-0.4, -0.2) is 30.9 Å². The SMILES string of the molecule is CCC(C)Cc1c(C)sc2nc(SC(C)C(=O)Nc3c(C)nn(C)c3C)[nH]c(=O)c12. The van der Waals surface area contributed by atoms with E-state index >= 15 is 0 Å². The van der Waals surface area contributed by atoms with Gasteiger partial charge in [-0.3, -0.25) is 14.3 Å². The Morgan fingerprint density at radius 3 is 2.60 bits per heavy atom. The van der Waals surface area contributed by atoms with Crippen molar-refractivity contribution < 1.29 is 4.79 Å². The Balaban J connectivity index is 1.82. The highest BCUT2D eigenvalue weighted by Gasteiger charge is 2.21. The van der Waals surface area contributed by atoms with E-state index in [1.807, 2.05) is 27.8 Å². The van der Waals surface area contributed by atoms with Crippen molar-refractivity contribution in [2.75, 3.05) is 5.32 Å². The van der Waals surface area contributed by atoms with Crippen LogP contribution in [-0.2, 0) is 18.3 Å². The van der Waals surface area contributed by atoms with Crippen LogP contribution in [0.25, 0.3) is 10.2 Å². The molecule has 3 aromatic heterocycles. The molecular formula is C21H29N5O2S2. The van der Waals surface area contributed by atoms with E-state index < -0.39 is 5.25 Å². The molecular weight excluding hydrogens is 418 g/mol. The molecule has 2 atom stereocenters. The van der Waals surface area contributed by atoms with Gasteiger partial charge in [-0.15, -0.1) is 11.3 Å². The zero-order valence-electron chi connectivity index (χ0n) is 18.5. The number of nitrogens with zero attached hydrogens (tertiary/aromatic N) is 3. The molecule has 3 heterocycles. The molecule has 7 nitrogen and oxygen atoms in total. The van der Waals surface area contributed by atoms with Gasteiger partial charge in [0.25, 0.3) is 5.56 Å². The summed E-state index contributed by atoms with van der Waals surface area (Å²) in [6.45, 7) is 12.0. The zero-order chi connectivity index (χ0) is 22.2. The summed E-state index contributed by atoms with van der Waals surface area (Å²) < 4.78 is 1.74. The molecule has 0 spiro atoms. The Labute approximate surface area is 184 Å². The van der Waals surface area contributed by atoms with Crippen molar-refractivity contribution in [1.82, 2.24) is 19.7 Å². The molecule has 0 aromatic carbocycles. The van der Waals surface area contributed by atoms with Crippen LogP contribution >= 0.6 is 23.1 Å². The lowest BCUT2D eigenvalue weighted by Gasteiger charge is -2.12. The maximum absolute atomic E-state index is 12.8. The lowest BCUT2D eigenvalue weighted by molar-refractivity contribution is -0.115. The lowest BCUT2D eigenvalue weighted by Crippen LogP contribution is -2.24. The molecule has 0 saturated heterocycles. The number of fused-ring (bicyclic) bond motifs is 1. The summed E-state index contributed by atoms with van der Waals surface area (Å²) in [5.41, 5.74) is 3.38. The van der Waals surface area contributed by atoms with E-state index in [-0.39, 0.29) is 11.5 Å². The average molecular weight is 448 g/mol. The molecule has 2 unspecified atom stereocenters. The van der Waals surface area contributed by atoms with Crippen molar-refractivity contribution in [3.8, 4) is 0 Å². The summed E-state index contributed by atoms with van der Waals surface area (Å²) in [5, 5.41) is 8.01. The van der Waals surface area contributed by atoms with E-state index in [1.165, 1.54) is 11.8 Å². The third kappa shape index (κ3) is 4.46. The van der Waals surface area contributed by atoms with Crippen molar-refractivity contribution in [3.05, 3.63) is 32.2 Å². The summed E-state index contributed by atoms with van der Waals surface area (Å²) in [4.78, 5) is 34.9. The van der Waals surface area contributed by atoms with Crippen LogP contribution in [0.3, 0.4) is 0 Å². The minimum absolute atomic E-state index is 0.128. The number of hydrogen-bond donors (Lipinski definition) is 2. The van der Waals surface area contributed by atoms with E-state index in [0.29, 0.717) is 16.5 Å². The molecule has 0 radical (unpaired) electrons. The Kier molecular flexibility index (Phi) is 6.71. The van der Waals surface area contributed by atoms with Gasteiger partial charge >= 0.3 is 0 Å². The first-order valence-electron chi connectivity index (χ1n) is 10.1. The number of aryl methyl sites for hydroxylation is 3. The quantitative estimate of drug-likeness (QED) is 0.415. The van der Waals surface area contributed by atoms with Gasteiger partial charge in [0.2, 0.25) is 5.91 Å². The van der Waals surface area contributed by atoms with Gasteiger partial charge in [-0.1, -0.05) is 32.0 Å². The van der Waals surface area contributed by atoms with E-state index in [2.05, 4.69) is 34.2 Å². The van der Waals surface area contributed by atoms with Gasteiger partial charge in [-0.05, 0) is 45.6 Å². The van der Waals surface area contributed by atoms with Gasteiger partial charge in [0.1, 0.15) is 4.83 Å². The first-order valence-corrected chi connectivity index (χ1v) is 11.8. The molecule has 0 saturated carbocycles. The minimum atomic E-state index is -0.426. The first kappa shape index (κ1) is 22.6. The van der Waals surface area contributed by atoms with E-state index in [4.69, 9.17) is 0 Å². The smallest absolute Gasteiger partial charge is 0.260 e. The third-order valence-corrected chi connectivity index (χ3v) is 7.53. The highest BCUT2D eigenvalue weighted by Crippen LogP contribution is 2.31. The number of hydrogen-bond acceptors (Lipinski definition) is 6. The Hall–Kier alpha value is -2.13. The number of anilines is 1. The highest BCUT2D eigenvalue weighted by atomic mass is 32.2. The number of thiophene rings is 1. The van der Waals surface area contributed by atoms with Crippen molar-refractivity contribution in [2.45, 2.75) is 64.8 Å². The topological polar surface area (TPSA) is 92.7 Å². The second-order valence-electron chi connectivity index (χ2n) is 7.82. The maximum atomic E-state index is 12.8. The standard InChI is InChI=1S/C21H29N5O2S2/c1-8-10(2)9-15-13(5)29-20-16(15)19(28)23-21(24-20)30-14(6)18(27)22-17-11(3)25-26(7)12(17)4/h10,14H,8-9H2,1-7H3,(H,22,27)(H,23,24,28). The number of rotatable bonds is 7. The predicted molar refractivity (Wildman–Crippen MR) is 125 cm³/mol. The molecule has 162 valence electrons. The van der Waals surface area contributed by atoms with Gasteiger partial charge in [-0.25, -0.2) is 4.98 Å². The monoisotopic (exact) mass is 447 g/mol. The van der Waals surface area contributed by atoms with Crippen molar-refractivity contribution in [2.24, 2.45) is 13.0 Å². The number of carbonyl (C=O) groups excluding carboxylic acids is 1. The van der Waals surface area contributed by atoms with Gasteiger partial charge in [0, 0.05) is 11.9 Å². The molecule has 0 aliphatic carbocycles. The van der Waals surface area contributed by atoms with E-state index in [1.54, 1.807) is 22.9 Å². The van der Waals surface area contributed by atoms with Gasteiger partial charge in [0.15, 0.2) is 5.16 Å². The van der Waals surface area contributed by atoms with Crippen LogP contribution in [0.5, 0.6) is 0 Å². The molecule has 1 amide bonds.